The first-order valence-corrected chi connectivity index (χ1v) is 7.01. The van der Waals surface area contributed by atoms with Crippen molar-refractivity contribution in [3.8, 4) is 0 Å². The molecule has 114 valence electrons. The van der Waals surface area contributed by atoms with Gasteiger partial charge in [0.15, 0.2) is 0 Å². The lowest BCUT2D eigenvalue weighted by Gasteiger charge is -2.14. The minimum Gasteiger partial charge on any atom is -0.416 e. The highest BCUT2D eigenvalue weighted by molar-refractivity contribution is 7.99. The number of nitrogens with zero attached hydrogens (tertiary/aromatic N) is 2. The molecule has 0 spiro atoms. The topological polar surface area (TPSA) is 64.9 Å². The molecule has 1 heterocycles. The minimum atomic E-state index is -4.45. The van der Waals surface area contributed by atoms with E-state index in [1.54, 1.807) is 19.9 Å². The zero-order valence-corrected chi connectivity index (χ0v) is 12.3. The van der Waals surface area contributed by atoms with Crippen molar-refractivity contribution in [1.82, 2.24) is 10.2 Å². The summed E-state index contributed by atoms with van der Waals surface area (Å²) in [6, 6.07) is 3.95. The quantitative estimate of drug-likeness (QED) is 0.936. The molecule has 0 aliphatic carbocycles. The van der Waals surface area contributed by atoms with Gasteiger partial charge in [-0.05, 0) is 42.8 Å². The van der Waals surface area contributed by atoms with Crippen molar-refractivity contribution in [1.29, 1.82) is 0 Å². The molecule has 0 saturated carbocycles. The Kier molecular flexibility index (Phi) is 4.58. The lowest BCUT2D eigenvalue weighted by Crippen LogP contribution is -2.18. The van der Waals surface area contributed by atoms with E-state index in [9.17, 15) is 13.2 Å². The molecule has 2 aromatic rings. The van der Waals surface area contributed by atoms with Crippen LogP contribution in [-0.4, -0.2) is 16.2 Å². The van der Waals surface area contributed by atoms with Gasteiger partial charge in [-0.1, -0.05) is 6.07 Å². The molecule has 0 aliphatic heterocycles. The Morgan fingerprint density at radius 3 is 2.57 bits per heavy atom. The van der Waals surface area contributed by atoms with Crippen LogP contribution >= 0.6 is 11.8 Å². The molecule has 0 bridgehead atoms. The summed E-state index contributed by atoms with van der Waals surface area (Å²) in [5, 5.41) is 7.37. The average Bonchev–Trinajstić information content (AvgIpc) is 2.75. The smallest absolute Gasteiger partial charge is 0.416 e. The third-order valence-corrected chi connectivity index (χ3v) is 3.53. The Morgan fingerprint density at radius 2 is 2.05 bits per heavy atom. The van der Waals surface area contributed by atoms with Gasteiger partial charge in [0.05, 0.1) is 5.56 Å². The number of aryl methyl sites for hydroxylation is 1. The molecule has 0 radical (unpaired) electrons. The van der Waals surface area contributed by atoms with Crippen molar-refractivity contribution >= 4 is 11.8 Å². The summed E-state index contributed by atoms with van der Waals surface area (Å²) < 4.78 is 44.6. The van der Waals surface area contributed by atoms with Gasteiger partial charge in [0.25, 0.3) is 5.22 Å². The van der Waals surface area contributed by atoms with Crippen molar-refractivity contribution < 1.29 is 17.6 Å². The summed E-state index contributed by atoms with van der Waals surface area (Å²) >= 11 is 0.798. The molecular formula is C13H14F3N3OS. The number of nitrogens with two attached hydrogens (primary N) is 1. The molecular weight excluding hydrogens is 303 g/mol. The van der Waals surface area contributed by atoms with Gasteiger partial charge in [-0.25, -0.2) is 0 Å². The normalized spacial score (nSPS) is 13.4. The van der Waals surface area contributed by atoms with Crippen molar-refractivity contribution in [3.05, 3.63) is 35.2 Å². The lowest BCUT2D eigenvalue weighted by atomic mass is 10.0. The molecule has 0 aliphatic rings. The maximum atomic E-state index is 13.2. The number of hydrogen-bond acceptors (Lipinski definition) is 5. The van der Waals surface area contributed by atoms with E-state index >= 15 is 0 Å². The summed E-state index contributed by atoms with van der Waals surface area (Å²) in [7, 11) is 0. The highest BCUT2D eigenvalue weighted by Crippen LogP contribution is 2.39. The van der Waals surface area contributed by atoms with Crippen LogP contribution in [0.4, 0.5) is 13.2 Å². The number of benzene rings is 1. The van der Waals surface area contributed by atoms with Crippen LogP contribution in [-0.2, 0) is 12.6 Å². The molecule has 4 nitrogen and oxygen atoms in total. The van der Waals surface area contributed by atoms with E-state index in [1.165, 1.54) is 6.07 Å². The van der Waals surface area contributed by atoms with Crippen molar-refractivity contribution in [3.63, 3.8) is 0 Å². The lowest BCUT2D eigenvalue weighted by molar-refractivity contribution is -0.139. The molecule has 2 rings (SSSR count). The van der Waals surface area contributed by atoms with E-state index < -0.39 is 11.7 Å². The first kappa shape index (κ1) is 15.8. The second kappa shape index (κ2) is 6.07. The van der Waals surface area contributed by atoms with Crippen LogP contribution in [0.25, 0.3) is 0 Å². The van der Waals surface area contributed by atoms with Crippen LogP contribution in [0.15, 0.2) is 32.7 Å². The molecule has 0 fully saturated rings. The fraction of sp³-hybridized carbons (Fsp3) is 0.385. The number of halogens is 3. The van der Waals surface area contributed by atoms with Gasteiger partial charge in [0.1, 0.15) is 0 Å². The highest BCUT2D eigenvalue weighted by atomic mass is 32.2. The molecule has 1 atom stereocenters. The average molecular weight is 317 g/mol. The number of alkyl halides is 3. The van der Waals surface area contributed by atoms with Crippen LogP contribution < -0.4 is 5.73 Å². The van der Waals surface area contributed by atoms with Crippen LogP contribution in [0, 0.1) is 6.92 Å². The molecule has 0 saturated heterocycles. The Hall–Kier alpha value is -1.54. The van der Waals surface area contributed by atoms with E-state index in [-0.39, 0.29) is 16.2 Å². The molecule has 0 amide bonds. The van der Waals surface area contributed by atoms with Crippen molar-refractivity contribution in [2.75, 3.05) is 0 Å². The van der Waals surface area contributed by atoms with E-state index in [1.807, 2.05) is 0 Å². The van der Waals surface area contributed by atoms with Gasteiger partial charge < -0.3 is 10.2 Å². The van der Waals surface area contributed by atoms with Gasteiger partial charge in [-0.2, -0.15) is 13.2 Å². The number of rotatable bonds is 4. The maximum Gasteiger partial charge on any atom is 0.417 e. The molecule has 21 heavy (non-hydrogen) atoms. The van der Waals surface area contributed by atoms with Crippen LogP contribution in [0.1, 0.15) is 23.9 Å². The fourth-order valence-corrected chi connectivity index (χ4v) is 2.65. The van der Waals surface area contributed by atoms with E-state index in [0.717, 1.165) is 17.8 Å². The number of aromatic nitrogens is 2. The van der Waals surface area contributed by atoms with Gasteiger partial charge in [-0.3, -0.25) is 0 Å². The largest absolute Gasteiger partial charge is 0.417 e. The predicted octanol–water partition coefficient (Wildman–Crippen LogP) is 3.44. The third-order valence-electron chi connectivity index (χ3n) is 2.61. The zero-order valence-electron chi connectivity index (χ0n) is 11.4. The van der Waals surface area contributed by atoms with Crippen molar-refractivity contribution in [2.24, 2.45) is 5.73 Å². The molecule has 8 heteroatoms. The second-order valence-electron chi connectivity index (χ2n) is 4.70. The molecule has 1 aromatic carbocycles. The van der Waals surface area contributed by atoms with Crippen LogP contribution in [0.2, 0.25) is 0 Å². The minimum absolute atomic E-state index is 0.0274. The molecule has 2 N–H and O–H groups in total. The monoisotopic (exact) mass is 317 g/mol. The summed E-state index contributed by atoms with van der Waals surface area (Å²) in [5.74, 6) is 0.305. The number of hydrogen-bond donors (Lipinski definition) is 1. The highest BCUT2D eigenvalue weighted by Gasteiger charge is 2.34. The van der Waals surface area contributed by atoms with Gasteiger partial charge in [0, 0.05) is 17.9 Å². The van der Waals surface area contributed by atoms with E-state index in [2.05, 4.69) is 10.2 Å². The van der Waals surface area contributed by atoms with Crippen molar-refractivity contribution in [2.45, 2.75) is 42.6 Å². The fourth-order valence-electron chi connectivity index (χ4n) is 1.80. The maximum absolute atomic E-state index is 13.2. The summed E-state index contributed by atoms with van der Waals surface area (Å²) in [6.45, 7) is 3.32. The second-order valence-corrected chi connectivity index (χ2v) is 5.69. The van der Waals surface area contributed by atoms with Crippen LogP contribution in [0.5, 0.6) is 0 Å². The van der Waals surface area contributed by atoms with Crippen LogP contribution in [0.3, 0.4) is 0 Å². The molecule has 1 unspecified atom stereocenters. The Labute approximate surface area is 123 Å². The standard InChI is InChI=1S/C13H14F3N3OS/c1-7(17)5-9-3-4-11(10(6-9)13(14,15)16)21-12-19-18-8(2)20-12/h3-4,6-7H,5,17H2,1-2H3. The Morgan fingerprint density at radius 1 is 1.33 bits per heavy atom. The SMILES string of the molecule is Cc1nnc(Sc2ccc(CC(C)N)cc2C(F)(F)F)o1. The summed E-state index contributed by atoms with van der Waals surface area (Å²) in [6.07, 6.45) is -4.07. The Bertz CT molecular complexity index is 625. The first-order chi connectivity index (χ1) is 9.75. The van der Waals surface area contributed by atoms with Gasteiger partial charge in [-0.15, -0.1) is 10.2 Å². The van der Waals surface area contributed by atoms with Gasteiger partial charge >= 0.3 is 6.18 Å². The third kappa shape index (κ3) is 4.21. The van der Waals surface area contributed by atoms with E-state index in [4.69, 9.17) is 10.2 Å². The summed E-state index contributed by atoms with van der Waals surface area (Å²) in [4.78, 5) is 0.0274. The zero-order chi connectivity index (χ0) is 15.6. The summed E-state index contributed by atoms with van der Waals surface area (Å²) in [5.41, 5.74) is 5.45. The first-order valence-electron chi connectivity index (χ1n) is 6.19. The Balaban J connectivity index is 2.35. The van der Waals surface area contributed by atoms with E-state index in [0.29, 0.717) is 17.9 Å². The molecule has 1 aromatic heterocycles. The van der Waals surface area contributed by atoms with Gasteiger partial charge in [0.2, 0.25) is 5.89 Å². The predicted molar refractivity (Wildman–Crippen MR) is 72.0 cm³/mol.